The van der Waals surface area contributed by atoms with Gasteiger partial charge in [0.1, 0.15) is 0 Å². The molecule has 0 atom stereocenters. The van der Waals surface area contributed by atoms with Gasteiger partial charge in [-0.15, -0.1) is 0 Å². The van der Waals surface area contributed by atoms with Crippen LogP contribution in [-0.4, -0.2) is 22.1 Å². The molecule has 2 aromatic rings. The molecule has 0 heterocycles. The summed E-state index contributed by atoms with van der Waals surface area (Å²) >= 11 is 0. The molecular weight excluding hydrogens is 328 g/mol. The SMILES string of the molecule is COc1ccc(NS(=O)(=O)c2ccc(C)cc2)cc1OC(F)F. The van der Waals surface area contributed by atoms with E-state index in [9.17, 15) is 17.2 Å². The van der Waals surface area contributed by atoms with Gasteiger partial charge < -0.3 is 9.47 Å². The van der Waals surface area contributed by atoms with E-state index in [1.54, 1.807) is 12.1 Å². The number of hydrogen-bond donors (Lipinski definition) is 1. The highest BCUT2D eigenvalue weighted by atomic mass is 32.2. The van der Waals surface area contributed by atoms with E-state index in [1.165, 1.54) is 31.4 Å². The molecule has 0 aliphatic rings. The standard InChI is InChI=1S/C15H15F2NO4S/c1-10-3-6-12(7-4-10)23(19,20)18-11-5-8-13(21-2)14(9-11)22-15(16)17/h3-9,15,18H,1-2H3. The van der Waals surface area contributed by atoms with E-state index in [2.05, 4.69) is 9.46 Å². The van der Waals surface area contributed by atoms with Crippen LogP contribution in [0.1, 0.15) is 5.56 Å². The summed E-state index contributed by atoms with van der Waals surface area (Å²) in [4.78, 5) is 0.0650. The number of nitrogens with one attached hydrogen (secondary N) is 1. The lowest BCUT2D eigenvalue weighted by Crippen LogP contribution is -2.13. The fourth-order valence-corrected chi connectivity index (χ4v) is 2.91. The predicted octanol–water partition coefficient (Wildman–Crippen LogP) is 3.41. The minimum atomic E-state index is -3.83. The second kappa shape index (κ2) is 6.82. The highest BCUT2D eigenvalue weighted by molar-refractivity contribution is 7.92. The Morgan fingerprint density at radius 2 is 1.70 bits per heavy atom. The second-order valence-electron chi connectivity index (χ2n) is 4.66. The Hall–Kier alpha value is -2.35. The number of halogens is 2. The van der Waals surface area contributed by atoms with Crippen molar-refractivity contribution in [2.75, 3.05) is 11.8 Å². The summed E-state index contributed by atoms with van der Waals surface area (Å²) in [5, 5.41) is 0. The van der Waals surface area contributed by atoms with Gasteiger partial charge in [0.2, 0.25) is 0 Å². The summed E-state index contributed by atoms with van der Waals surface area (Å²) in [6.07, 6.45) is 0. The second-order valence-corrected chi connectivity index (χ2v) is 6.35. The lowest BCUT2D eigenvalue weighted by atomic mass is 10.2. The van der Waals surface area contributed by atoms with Crippen molar-refractivity contribution in [1.82, 2.24) is 0 Å². The van der Waals surface area contributed by atoms with Crippen molar-refractivity contribution in [3.8, 4) is 11.5 Å². The molecule has 0 radical (unpaired) electrons. The molecule has 0 unspecified atom stereocenters. The molecule has 0 bridgehead atoms. The van der Waals surface area contributed by atoms with Crippen molar-refractivity contribution in [3.05, 3.63) is 48.0 Å². The first-order valence-electron chi connectivity index (χ1n) is 6.54. The van der Waals surface area contributed by atoms with Gasteiger partial charge in [0.05, 0.1) is 17.7 Å². The van der Waals surface area contributed by atoms with Crippen molar-refractivity contribution >= 4 is 15.7 Å². The lowest BCUT2D eigenvalue weighted by Gasteiger charge is -2.13. The monoisotopic (exact) mass is 343 g/mol. The van der Waals surface area contributed by atoms with E-state index >= 15 is 0 Å². The molecule has 0 amide bonds. The zero-order valence-electron chi connectivity index (χ0n) is 12.4. The molecule has 2 rings (SSSR count). The maximum Gasteiger partial charge on any atom is 0.387 e. The summed E-state index contributed by atoms with van der Waals surface area (Å²) in [5.41, 5.74) is 1.00. The third-order valence-electron chi connectivity index (χ3n) is 2.96. The summed E-state index contributed by atoms with van der Waals surface area (Å²) < 4.78 is 60.8. The number of methoxy groups -OCH3 is 1. The van der Waals surface area contributed by atoms with Crippen LogP contribution in [-0.2, 0) is 10.0 Å². The molecule has 0 fully saturated rings. The molecule has 0 saturated carbocycles. The van der Waals surface area contributed by atoms with E-state index in [0.717, 1.165) is 11.6 Å². The molecule has 0 aliphatic carbocycles. The van der Waals surface area contributed by atoms with Gasteiger partial charge in [0.15, 0.2) is 11.5 Å². The predicted molar refractivity (Wildman–Crippen MR) is 81.6 cm³/mol. The molecule has 1 N–H and O–H groups in total. The molecule has 2 aromatic carbocycles. The van der Waals surface area contributed by atoms with E-state index in [0.29, 0.717) is 0 Å². The first-order chi connectivity index (χ1) is 10.8. The Labute approximate surface area is 132 Å². The molecule has 5 nitrogen and oxygen atoms in total. The maximum absolute atomic E-state index is 12.4. The first-order valence-corrected chi connectivity index (χ1v) is 8.02. The number of anilines is 1. The maximum atomic E-state index is 12.4. The van der Waals surface area contributed by atoms with Gasteiger partial charge in [0.25, 0.3) is 10.0 Å². The third kappa shape index (κ3) is 4.32. The number of alkyl halides is 2. The van der Waals surface area contributed by atoms with Crippen molar-refractivity contribution in [1.29, 1.82) is 0 Å². The van der Waals surface area contributed by atoms with Crippen LogP contribution in [0.25, 0.3) is 0 Å². The van der Waals surface area contributed by atoms with Crippen LogP contribution >= 0.6 is 0 Å². The molecule has 0 aliphatic heterocycles. The molecular formula is C15H15F2NO4S. The summed E-state index contributed by atoms with van der Waals surface area (Å²) in [6.45, 7) is -1.21. The van der Waals surface area contributed by atoms with Crippen LogP contribution in [0.15, 0.2) is 47.4 Å². The van der Waals surface area contributed by atoms with Gasteiger partial charge >= 0.3 is 6.61 Å². The van der Waals surface area contributed by atoms with Crippen LogP contribution < -0.4 is 14.2 Å². The highest BCUT2D eigenvalue weighted by Gasteiger charge is 2.16. The van der Waals surface area contributed by atoms with Crippen molar-refractivity contribution in [3.63, 3.8) is 0 Å². The number of hydrogen-bond acceptors (Lipinski definition) is 4. The summed E-state index contributed by atoms with van der Waals surface area (Å²) in [5.74, 6) is -0.185. The van der Waals surface area contributed by atoms with Gasteiger partial charge in [-0.1, -0.05) is 17.7 Å². The topological polar surface area (TPSA) is 64.6 Å². The van der Waals surface area contributed by atoms with Gasteiger partial charge in [-0.3, -0.25) is 4.72 Å². The molecule has 0 aromatic heterocycles. The number of sulfonamides is 1. The van der Waals surface area contributed by atoms with E-state index in [-0.39, 0.29) is 22.1 Å². The minimum absolute atomic E-state index is 0.0650. The van der Waals surface area contributed by atoms with Gasteiger partial charge in [-0.05, 0) is 31.2 Å². The summed E-state index contributed by atoms with van der Waals surface area (Å²) in [7, 11) is -2.53. The minimum Gasteiger partial charge on any atom is -0.493 e. The molecule has 124 valence electrons. The molecule has 0 spiro atoms. The quantitative estimate of drug-likeness (QED) is 0.873. The van der Waals surface area contributed by atoms with Gasteiger partial charge in [-0.2, -0.15) is 8.78 Å². The van der Waals surface area contributed by atoms with Crippen molar-refractivity contribution in [2.45, 2.75) is 18.4 Å². The van der Waals surface area contributed by atoms with E-state index in [1.807, 2.05) is 6.92 Å². The fraction of sp³-hybridized carbons (Fsp3) is 0.200. The van der Waals surface area contributed by atoms with Crippen molar-refractivity contribution in [2.24, 2.45) is 0 Å². The zero-order chi connectivity index (χ0) is 17.0. The molecule has 0 saturated heterocycles. The Balaban J connectivity index is 2.30. The van der Waals surface area contributed by atoms with Crippen LogP contribution in [0.3, 0.4) is 0 Å². The molecule has 23 heavy (non-hydrogen) atoms. The number of aryl methyl sites for hydroxylation is 1. The normalized spacial score (nSPS) is 11.3. The van der Waals surface area contributed by atoms with Gasteiger partial charge in [0, 0.05) is 6.07 Å². The summed E-state index contributed by atoms with van der Waals surface area (Å²) in [6, 6.07) is 10.1. The fourth-order valence-electron chi connectivity index (χ4n) is 1.86. The third-order valence-corrected chi connectivity index (χ3v) is 4.36. The molecule has 8 heteroatoms. The highest BCUT2D eigenvalue weighted by Crippen LogP contribution is 2.32. The average molecular weight is 343 g/mol. The largest absolute Gasteiger partial charge is 0.493 e. The number of benzene rings is 2. The van der Waals surface area contributed by atoms with Crippen molar-refractivity contribution < 1.29 is 26.7 Å². The van der Waals surface area contributed by atoms with Crippen LogP contribution in [0, 0.1) is 6.92 Å². The Kier molecular flexibility index (Phi) is 5.05. The smallest absolute Gasteiger partial charge is 0.387 e. The average Bonchev–Trinajstić information content (AvgIpc) is 2.47. The number of rotatable bonds is 6. The lowest BCUT2D eigenvalue weighted by molar-refractivity contribution is -0.0511. The Bertz CT molecular complexity index is 777. The Morgan fingerprint density at radius 3 is 2.26 bits per heavy atom. The van der Waals surface area contributed by atoms with Gasteiger partial charge in [-0.25, -0.2) is 8.42 Å². The van der Waals surface area contributed by atoms with Crippen LogP contribution in [0.4, 0.5) is 14.5 Å². The van der Waals surface area contributed by atoms with E-state index < -0.39 is 16.6 Å². The first kappa shape index (κ1) is 17.0. The van der Waals surface area contributed by atoms with Crippen LogP contribution in [0.2, 0.25) is 0 Å². The zero-order valence-corrected chi connectivity index (χ0v) is 13.2. The van der Waals surface area contributed by atoms with E-state index in [4.69, 9.17) is 4.74 Å². The van der Waals surface area contributed by atoms with Crippen LogP contribution in [0.5, 0.6) is 11.5 Å². The Morgan fingerprint density at radius 1 is 1.04 bits per heavy atom. The number of ether oxygens (including phenoxy) is 2.